The van der Waals surface area contributed by atoms with Gasteiger partial charge in [0.05, 0.1) is 4.91 Å². The van der Waals surface area contributed by atoms with E-state index in [0.717, 1.165) is 28.2 Å². The highest BCUT2D eigenvalue weighted by atomic mass is 79.9. The van der Waals surface area contributed by atoms with Crippen LogP contribution in [-0.2, 0) is 17.8 Å². The molecular formula is C26H21BrFNO3S. The number of aryl methyl sites for hydroxylation is 1. The monoisotopic (exact) mass is 525 g/mol. The smallest absolute Gasteiger partial charge is 0.293 e. The molecule has 7 heteroatoms. The standard InChI is InChI=1S/C26H21BrFNO3S/c27-21-10-13-23(32-17-19-8-11-22(28)12-9-19)20(15-21)16-24-25(30)29(26(31)33-24)14-4-7-18-5-2-1-3-6-18/h1-3,5-6,8-13,15-16H,4,7,14,17H2/b24-16+. The Balaban J connectivity index is 1.45. The molecule has 0 unspecified atom stereocenters. The minimum Gasteiger partial charge on any atom is -0.488 e. The van der Waals surface area contributed by atoms with Crippen molar-refractivity contribution in [3.05, 3.63) is 105 Å². The highest BCUT2D eigenvalue weighted by molar-refractivity contribution is 9.10. The first kappa shape index (κ1) is 23.3. The van der Waals surface area contributed by atoms with E-state index in [0.29, 0.717) is 29.2 Å². The van der Waals surface area contributed by atoms with Crippen LogP contribution in [0.15, 0.2) is 82.2 Å². The van der Waals surface area contributed by atoms with Crippen molar-refractivity contribution in [2.45, 2.75) is 19.4 Å². The van der Waals surface area contributed by atoms with Gasteiger partial charge in [-0.3, -0.25) is 14.5 Å². The van der Waals surface area contributed by atoms with Crippen molar-refractivity contribution in [2.75, 3.05) is 6.54 Å². The minimum absolute atomic E-state index is 0.254. The molecule has 0 spiro atoms. The van der Waals surface area contributed by atoms with Crippen LogP contribution in [0.4, 0.5) is 9.18 Å². The zero-order valence-electron chi connectivity index (χ0n) is 17.7. The van der Waals surface area contributed by atoms with Gasteiger partial charge in [-0.1, -0.05) is 58.4 Å². The summed E-state index contributed by atoms with van der Waals surface area (Å²) in [7, 11) is 0. The summed E-state index contributed by atoms with van der Waals surface area (Å²) in [6, 6.07) is 21.6. The molecule has 3 aromatic rings. The summed E-state index contributed by atoms with van der Waals surface area (Å²) < 4.78 is 19.9. The van der Waals surface area contributed by atoms with E-state index in [9.17, 15) is 14.0 Å². The van der Waals surface area contributed by atoms with Crippen molar-refractivity contribution in [2.24, 2.45) is 0 Å². The van der Waals surface area contributed by atoms with Crippen LogP contribution in [0.3, 0.4) is 0 Å². The van der Waals surface area contributed by atoms with E-state index in [1.54, 1.807) is 24.3 Å². The molecule has 0 atom stereocenters. The van der Waals surface area contributed by atoms with Crippen LogP contribution < -0.4 is 4.74 Å². The van der Waals surface area contributed by atoms with Crippen LogP contribution in [0.5, 0.6) is 5.75 Å². The number of imide groups is 1. The van der Waals surface area contributed by atoms with Crippen molar-refractivity contribution in [3.8, 4) is 5.75 Å². The van der Waals surface area contributed by atoms with E-state index in [1.807, 2.05) is 42.5 Å². The molecule has 33 heavy (non-hydrogen) atoms. The number of hydrogen-bond donors (Lipinski definition) is 0. The second-order valence-electron chi connectivity index (χ2n) is 7.52. The number of halogens is 2. The third-order valence-corrected chi connectivity index (χ3v) is 6.53. The zero-order valence-corrected chi connectivity index (χ0v) is 20.1. The third-order valence-electron chi connectivity index (χ3n) is 5.13. The van der Waals surface area contributed by atoms with Crippen molar-refractivity contribution in [3.63, 3.8) is 0 Å². The molecule has 0 N–H and O–H groups in total. The Morgan fingerprint density at radius 1 is 0.970 bits per heavy atom. The van der Waals surface area contributed by atoms with E-state index in [-0.39, 0.29) is 23.6 Å². The van der Waals surface area contributed by atoms with Gasteiger partial charge in [-0.05, 0) is 72.1 Å². The Morgan fingerprint density at radius 3 is 2.48 bits per heavy atom. The van der Waals surface area contributed by atoms with Gasteiger partial charge in [0.2, 0.25) is 0 Å². The summed E-state index contributed by atoms with van der Waals surface area (Å²) in [5.74, 6) is -0.0245. The van der Waals surface area contributed by atoms with Gasteiger partial charge < -0.3 is 4.74 Å². The molecule has 1 fully saturated rings. The molecule has 4 rings (SSSR count). The van der Waals surface area contributed by atoms with Gasteiger partial charge in [0.1, 0.15) is 18.2 Å². The van der Waals surface area contributed by atoms with Crippen LogP contribution >= 0.6 is 27.7 Å². The predicted molar refractivity (Wildman–Crippen MR) is 132 cm³/mol. The number of nitrogens with zero attached hydrogens (tertiary/aromatic N) is 1. The quantitative estimate of drug-likeness (QED) is 0.302. The van der Waals surface area contributed by atoms with Gasteiger partial charge in [-0.25, -0.2) is 4.39 Å². The van der Waals surface area contributed by atoms with Crippen molar-refractivity contribution >= 4 is 44.9 Å². The summed E-state index contributed by atoms with van der Waals surface area (Å²) in [5, 5.41) is -0.261. The average molecular weight is 526 g/mol. The van der Waals surface area contributed by atoms with Crippen LogP contribution in [0.2, 0.25) is 0 Å². The summed E-state index contributed by atoms with van der Waals surface area (Å²) >= 11 is 4.39. The molecule has 1 aliphatic rings. The lowest BCUT2D eigenvalue weighted by Crippen LogP contribution is -2.29. The Kier molecular flexibility index (Phi) is 7.62. The molecule has 2 amide bonds. The Morgan fingerprint density at radius 2 is 1.73 bits per heavy atom. The van der Waals surface area contributed by atoms with E-state index < -0.39 is 0 Å². The molecule has 1 heterocycles. The number of rotatable bonds is 8. The number of amides is 2. The molecule has 1 aliphatic heterocycles. The number of thioether (sulfide) groups is 1. The van der Waals surface area contributed by atoms with Gasteiger partial charge >= 0.3 is 0 Å². The molecule has 0 aromatic heterocycles. The number of carbonyl (C=O) groups excluding carboxylic acids is 2. The first-order valence-corrected chi connectivity index (χ1v) is 12.1. The zero-order chi connectivity index (χ0) is 23.2. The molecule has 0 aliphatic carbocycles. The van der Waals surface area contributed by atoms with Gasteiger partial charge in [-0.15, -0.1) is 0 Å². The van der Waals surface area contributed by atoms with Crippen LogP contribution in [0, 0.1) is 5.82 Å². The Bertz CT molecular complexity index is 1180. The predicted octanol–water partition coefficient (Wildman–Crippen LogP) is 6.84. The maximum absolute atomic E-state index is 13.1. The fourth-order valence-electron chi connectivity index (χ4n) is 3.43. The van der Waals surface area contributed by atoms with Crippen LogP contribution in [-0.4, -0.2) is 22.6 Å². The molecule has 0 bridgehead atoms. The Labute approximate surface area is 204 Å². The normalized spacial score (nSPS) is 14.8. The third kappa shape index (κ3) is 6.12. The lowest BCUT2D eigenvalue weighted by Gasteiger charge is -2.12. The summed E-state index contributed by atoms with van der Waals surface area (Å²) in [5.41, 5.74) is 2.68. The number of benzene rings is 3. The summed E-state index contributed by atoms with van der Waals surface area (Å²) in [4.78, 5) is 27.0. The largest absolute Gasteiger partial charge is 0.488 e. The van der Waals surface area contributed by atoms with E-state index >= 15 is 0 Å². The van der Waals surface area contributed by atoms with Gasteiger partial charge in [-0.2, -0.15) is 0 Å². The van der Waals surface area contributed by atoms with Crippen molar-refractivity contribution in [1.82, 2.24) is 4.90 Å². The maximum atomic E-state index is 13.1. The first-order valence-electron chi connectivity index (χ1n) is 10.5. The first-order chi connectivity index (χ1) is 16.0. The van der Waals surface area contributed by atoms with E-state index in [1.165, 1.54) is 22.6 Å². The second-order valence-corrected chi connectivity index (χ2v) is 9.43. The maximum Gasteiger partial charge on any atom is 0.293 e. The van der Waals surface area contributed by atoms with Crippen LogP contribution in [0.25, 0.3) is 6.08 Å². The molecule has 1 saturated heterocycles. The molecular weight excluding hydrogens is 505 g/mol. The van der Waals surface area contributed by atoms with Crippen molar-refractivity contribution in [1.29, 1.82) is 0 Å². The van der Waals surface area contributed by atoms with Gasteiger partial charge in [0, 0.05) is 16.6 Å². The summed E-state index contributed by atoms with van der Waals surface area (Å²) in [6.45, 7) is 0.632. The summed E-state index contributed by atoms with van der Waals surface area (Å²) in [6.07, 6.45) is 3.19. The minimum atomic E-state index is -0.303. The highest BCUT2D eigenvalue weighted by Gasteiger charge is 2.34. The van der Waals surface area contributed by atoms with Gasteiger partial charge in [0.15, 0.2) is 0 Å². The lowest BCUT2D eigenvalue weighted by molar-refractivity contribution is -0.122. The SMILES string of the molecule is O=C1S/C(=C/c2cc(Br)ccc2OCc2ccc(F)cc2)C(=O)N1CCCc1ccccc1. The highest BCUT2D eigenvalue weighted by Crippen LogP contribution is 2.35. The Hall–Kier alpha value is -2.90. The van der Waals surface area contributed by atoms with E-state index in [4.69, 9.17) is 4.74 Å². The average Bonchev–Trinajstić information content (AvgIpc) is 3.08. The number of hydrogen-bond acceptors (Lipinski definition) is 4. The number of carbonyl (C=O) groups is 2. The molecule has 168 valence electrons. The number of ether oxygens (including phenoxy) is 1. The molecule has 0 saturated carbocycles. The molecule has 3 aromatic carbocycles. The topological polar surface area (TPSA) is 46.6 Å². The second kappa shape index (κ2) is 10.8. The fourth-order valence-corrected chi connectivity index (χ4v) is 4.66. The van der Waals surface area contributed by atoms with Gasteiger partial charge in [0.25, 0.3) is 11.1 Å². The van der Waals surface area contributed by atoms with Crippen LogP contribution in [0.1, 0.15) is 23.1 Å². The fraction of sp³-hybridized carbons (Fsp3) is 0.154. The molecule has 4 nitrogen and oxygen atoms in total. The van der Waals surface area contributed by atoms with E-state index in [2.05, 4.69) is 15.9 Å². The van der Waals surface area contributed by atoms with Crippen molar-refractivity contribution < 1.29 is 18.7 Å². The lowest BCUT2D eigenvalue weighted by atomic mass is 10.1. The molecule has 0 radical (unpaired) electrons.